The fourth-order valence-corrected chi connectivity index (χ4v) is 3.84. The molecule has 1 saturated heterocycles. The second-order valence-electron chi connectivity index (χ2n) is 8.68. The van der Waals surface area contributed by atoms with Crippen LogP contribution in [0.15, 0.2) is 60.8 Å². The zero-order valence-corrected chi connectivity index (χ0v) is 18.8. The van der Waals surface area contributed by atoms with Gasteiger partial charge in [0.15, 0.2) is 11.5 Å². The molecule has 8 heteroatoms. The Kier molecular flexibility index (Phi) is 6.37. The average Bonchev–Trinajstić information content (AvgIpc) is 3.33. The first-order valence-corrected chi connectivity index (χ1v) is 11.0. The number of nitrogens with zero attached hydrogens (tertiary/aromatic N) is 2. The van der Waals surface area contributed by atoms with Gasteiger partial charge < -0.3 is 21.7 Å². The van der Waals surface area contributed by atoms with Gasteiger partial charge in [-0.05, 0) is 44.5 Å². The molecule has 1 aliphatic rings. The van der Waals surface area contributed by atoms with Gasteiger partial charge >= 0.3 is 0 Å². The largest absolute Gasteiger partial charge is 0.382 e. The minimum absolute atomic E-state index is 0.0438. The molecule has 1 unspecified atom stereocenters. The van der Waals surface area contributed by atoms with E-state index in [1.165, 1.54) is 6.20 Å². The Balaban J connectivity index is 1.55. The lowest BCUT2D eigenvalue weighted by Gasteiger charge is -2.27. The number of nitrogens with one attached hydrogen (secondary N) is 3. The Bertz CT molecular complexity index is 1160. The first-order chi connectivity index (χ1) is 15.8. The summed E-state index contributed by atoms with van der Waals surface area (Å²) >= 11 is 0. The van der Waals surface area contributed by atoms with E-state index >= 15 is 0 Å². The normalized spacial score (nSPS) is 15.8. The number of hydrogen-bond donors (Lipinski definition) is 4. The van der Waals surface area contributed by atoms with Gasteiger partial charge in [0.05, 0.1) is 17.4 Å². The molecule has 0 radical (unpaired) electrons. The van der Waals surface area contributed by atoms with Gasteiger partial charge in [0.25, 0.3) is 11.8 Å². The molecule has 1 fully saturated rings. The van der Waals surface area contributed by atoms with E-state index in [9.17, 15) is 9.59 Å². The number of benzene rings is 2. The van der Waals surface area contributed by atoms with Crippen molar-refractivity contribution >= 4 is 17.6 Å². The Labute approximate surface area is 193 Å². The third-order valence-electron chi connectivity index (χ3n) is 5.75. The molecule has 4 rings (SSSR count). The highest BCUT2D eigenvalue weighted by Crippen LogP contribution is 2.23. The van der Waals surface area contributed by atoms with E-state index in [0.717, 1.165) is 25.1 Å². The number of nitrogen functional groups attached to an aromatic ring is 1. The summed E-state index contributed by atoms with van der Waals surface area (Å²) in [6.07, 6.45) is 2.36. The lowest BCUT2D eigenvalue weighted by atomic mass is 9.94. The van der Waals surface area contributed by atoms with E-state index in [1.54, 1.807) is 18.2 Å². The minimum atomic E-state index is -0.546. The Morgan fingerprint density at radius 2 is 1.88 bits per heavy atom. The SMILES string of the molecule is CC(C)(NC(=O)c1cccc(-c2cnc(N)c(C(=O)NC3CCNC3)n2)c1)c1ccccc1. The molecule has 1 atom stereocenters. The monoisotopic (exact) mass is 444 g/mol. The summed E-state index contributed by atoms with van der Waals surface area (Å²) in [5.41, 5.74) is 8.10. The Hall–Kier alpha value is -3.78. The molecule has 2 amide bonds. The molecule has 0 saturated carbocycles. The average molecular weight is 445 g/mol. The second kappa shape index (κ2) is 9.38. The van der Waals surface area contributed by atoms with E-state index in [4.69, 9.17) is 5.73 Å². The lowest BCUT2D eigenvalue weighted by molar-refractivity contribution is 0.0909. The van der Waals surface area contributed by atoms with Crippen LogP contribution in [-0.2, 0) is 5.54 Å². The van der Waals surface area contributed by atoms with E-state index < -0.39 is 5.54 Å². The Morgan fingerprint density at radius 1 is 1.09 bits per heavy atom. The van der Waals surface area contributed by atoms with Crippen LogP contribution >= 0.6 is 0 Å². The number of carbonyl (C=O) groups excluding carboxylic acids is 2. The minimum Gasteiger partial charge on any atom is -0.382 e. The van der Waals surface area contributed by atoms with Gasteiger partial charge in [-0.15, -0.1) is 0 Å². The summed E-state index contributed by atoms with van der Waals surface area (Å²) < 4.78 is 0. The molecule has 0 spiro atoms. The van der Waals surface area contributed by atoms with Gasteiger partial charge in [-0.2, -0.15) is 0 Å². The van der Waals surface area contributed by atoms with E-state index in [1.807, 2.05) is 50.2 Å². The first-order valence-electron chi connectivity index (χ1n) is 11.0. The van der Waals surface area contributed by atoms with Gasteiger partial charge in [-0.3, -0.25) is 9.59 Å². The highest BCUT2D eigenvalue weighted by atomic mass is 16.2. The predicted octanol–water partition coefficient (Wildman–Crippen LogP) is 2.48. The van der Waals surface area contributed by atoms with Gasteiger partial charge in [-0.1, -0.05) is 42.5 Å². The standard InChI is InChI=1S/C25H28N6O2/c1-25(2,18-9-4-3-5-10-18)31-23(32)17-8-6-7-16(13-17)20-15-28-22(26)21(30-20)24(33)29-19-11-12-27-14-19/h3-10,13,15,19,27H,11-12,14H2,1-2H3,(H2,26,28)(H,29,33)(H,31,32). The van der Waals surface area contributed by atoms with Gasteiger partial charge in [0, 0.05) is 23.7 Å². The maximum Gasteiger partial charge on any atom is 0.274 e. The van der Waals surface area contributed by atoms with Crippen molar-refractivity contribution in [1.29, 1.82) is 0 Å². The molecule has 2 heterocycles. The summed E-state index contributed by atoms with van der Waals surface area (Å²) in [7, 11) is 0. The number of nitrogens with two attached hydrogens (primary N) is 1. The van der Waals surface area contributed by atoms with E-state index in [-0.39, 0.29) is 29.4 Å². The van der Waals surface area contributed by atoms with Crippen molar-refractivity contribution in [3.8, 4) is 11.3 Å². The fourth-order valence-electron chi connectivity index (χ4n) is 3.84. The molecule has 3 aromatic rings. The smallest absolute Gasteiger partial charge is 0.274 e. The maximum absolute atomic E-state index is 13.0. The van der Waals surface area contributed by atoms with Crippen molar-refractivity contribution in [3.63, 3.8) is 0 Å². The summed E-state index contributed by atoms with van der Waals surface area (Å²) in [6.45, 7) is 5.50. The molecule has 0 bridgehead atoms. The van der Waals surface area contributed by atoms with Crippen LogP contribution in [0.25, 0.3) is 11.3 Å². The summed E-state index contributed by atoms with van der Waals surface area (Å²) in [5.74, 6) is -0.490. The zero-order valence-electron chi connectivity index (χ0n) is 18.8. The van der Waals surface area contributed by atoms with Crippen LogP contribution in [-0.4, -0.2) is 40.9 Å². The zero-order chi connectivity index (χ0) is 23.4. The highest BCUT2D eigenvalue weighted by Gasteiger charge is 2.24. The first kappa shape index (κ1) is 22.4. The molecule has 5 N–H and O–H groups in total. The quantitative estimate of drug-likeness (QED) is 0.463. The number of rotatable bonds is 6. The molecule has 8 nitrogen and oxygen atoms in total. The van der Waals surface area contributed by atoms with Crippen LogP contribution in [0.2, 0.25) is 0 Å². The predicted molar refractivity (Wildman–Crippen MR) is 128 cm³/mol. The van der Waals surface area contributed by atoms with Crippen LogP contribution < -0.4 is 21.7 Å². The molecular formula is C25H28N6O2. The molecule has 1 aromatic heterocycles. The number of hydrogen-bond acceptors (Lipinski definition) is 6. The number of aromatic nitrogens is 2. The third-order valence-corrected chi connectivity index (χ3v) is 5.75. The van der Waals surface area contributed by atoms with Crippen LogP contribution in [0.4, 0.5) is 5.82 Å². The van der Waals surface area contributed by atoms with Crippen molar-refractivity contribution in [2.45, 2.75) is 31.8 Å². The van der Waals surface area contributed by atoms with Crippen molar-refractivity contribution in [1.82, 2.24) is 25.9 Å². The number of carbonyl (C=O) groups is 2. The van der Waals surface area contributed by atoms with Gasteiger partial charge in [0.1, 0.15) is 0 Å². The van der Waals surface area contributed by atoms with Crippen molar-refractivity contribution < 1.29 is 9.59 Å². The van der Waals surface area contributed by atoms with Crippen molar-refractivity contribution in [2.24, 2.45) is 0 Å². The maximum atomic E-state index is 13.0. The summed E-state index contributed by atoms with van der Waals surface area (Å²) in [5, 5.41) is 9.22. The summed E-state index contributed by atoms with van der Waals surface area (Å²) in [4.78, 5) is 34.3. The number of amides is 2. The van der Waals surface area contributed by atoms with E-state index in [0.29, 0.717) is 16.8 Å². The van der Waals surface area contributed by atoms with Crippen LogP contribution in [0.1, 0.15) is 46.7 Å². The molecule has 2 aromatic carbocycles. The molecule has 0 aliphatic carbocycles. The second-order valence-corrected chi connectivity index (χ2v) is 8.68. The molecular weight excluding hydrogens is 416 g/mol. The highest BCUT2D eigenvalue weighted by molar-refractivity contribution is 5.98. The molecule has 33 heavy (non-hydrogen) atoms. The van der Waals surface area contributed by atoms with Crippen LogP contribution in [0.5, 0.6) is 0 Å². The summed E-state index contributed by atoms with van der Waals surface area (Å²) in [6, 6.07) is 16.9. The van der Waals surface area contributed by atoms with E-state index in [2.05, 4.69) is 25.9 Å². The van der Waals surface area contributed by atoms with Crippen LogP contribution in [0.3, 0.4) is 0 Å². The van der Waals surface area contributed by atoms with Crippen LogP contribution in [0, 0.1) is 0 Å². The topological polar surface area (TPSA) is 122 Å². The molecule has 170 valence electrons. The fraction of sp³-hybridized carbons (Fsp3) is 0.280. The van der Waals surface area contributed by atoms with Gasteiger partial charge in [-0.25, -0.2) is 9.97 Å². The Morgan fingerprint density at radius 3 is 2.61 bits per heavy atom. The number of anilines is 1. The lowest BCUT2D eigenvalue weighted by Crippen LogP contribution is -2.40. The van der Waals surface area contributed by atoms with Crippen molar-refractivity contribution in [3.05, 3.63) is 77.6 Å². The van der Waals surface area contributed by atoms with Gasteiger partial charge in [0.2, 0.25) is 0 Å². The molecule has 1 aliphatic heterocycles. The third kappa shape index (κ3) is 5.18. The van der Waals surface area contributed by atoms with Crippen molar-refractivity contribution in [2.75, 3.05) is 18.8 Å².